The molecule has 1 fully saturated rings. The van der Waals surface area contributed by atoms with Gasteiger partial charge in [-0.1, -0.05) is 24.3 Å². The van der Waals surface area contributed by atoms with Crippen molar-refractivity contribution in [3.63, 3.8) is 0 Å². The van der Waals surface area contributed by atoms with Crippen LogP contribution >= 0.6 is 0 Å². The van der Waals surface area contributed by atoms with E-state index in [0.29, 0.717) is 0 Å². The summed E-state index contributed by atoms with van der Waals surface area (Å²) in [5.74, 6) is -0.330. The van der Waals surface area contributed by atoms with Crippen molar-refractivity contribution in [2.45, 2.75) is 37.3 Å². The number of rotatable bonds is 3. The molecule has 0 spiro atoms. The van der Waals surface area contributed by atoms with Gasteiger partial charge in [0.05, 0.1) is 23.1 Å². The average Bonchev–Trinajstić information content (AvgIpc) is 2.55. The Morgan fingerprint density at radius 2 is 1.84 bits per heavy atom. The smallest absolute Gasteiger partial charge is 0.243 e. The first kappa shape index (κ1) is 18.0. The molecule has 1 heterocycles. The number of hydrogen-bond acceptors (Lipinski definition) is 3. The van der Waals surface area contributed by atoms with E-state index >= 15 is 0 Å². The van der Waals surface area contributed by atoms with Crippen LogP contribution < -0.4 is 0 Å². The van der Waals surface area contributed by atoms with Crippen LogP contribution in [0.2, 0.25) is 0 Å². The molecule has 25 heavy (non-hydrogen) atoms. The standard InChI is InChI=1S/C19H22FNO3S/c1-14-5-4-6-17(11-14)25(22,23)21-12-18(24-13-19(21,2)3)15-7-9-16(20)10-8-15/h4-11,18H,12-13H2,1-3H3. The fourth-order valence-electron chi connectivity index (χ4n) is 3.03. The van der Waals surface area contributed by atoms with Crippen molar-refractivity contribution >= 4 is 10.0 Å². The fourth-order valence-corrected chi connectivity index (χ4v) is 4.91. The van der Waals surface area contributed by atoms with Gasteiger partial charge >= 0.3 is 0 Å². The van der Waals surface area contributed by atoms with Crippen LogP contribution in [0.25, 0.3) is 0 Å². The van der Waals surface area contributed by atoms with Crippen LogP contribution in [0.4, 0.5) is 4.39 Å². The van der Waals surface area contributed by atoms with E-state index in [-0.39, 0.29) is 23.9 Å². The van der Waals surface area contributed by atoms with E-state index in [9.17, 15) is 12.8 Å². The maximum atomic E-state index is 13.2. The molecule has 0 bridgehead atoms. The molecule has 0 aliphatic carbocycles. The van der Waals surface area contributed by atoms with Crippen molar-refractivity contribution in [1.29, 1.82) is 0 Å². The maximum Gasteiger partial charge on any atom is 0.243 e. The predicted octanol–water partition coefficient (Wildman–Crippen LogP) is 3.67. The molecule has 6 heteroatoms. The topological polar surface area (TPSA) is 46.6 Å². The van der Waals surface area contributed by atoms with Crippen LogP contribution in [-0.4, -0.2) is 31.4 Å². The monoisotopic (exact) mass is 363 g/mol. The predicted molar refractivity (Wildman–Crippen MR) is 94.2 cm³/mol. The lowest BCUT2D eigenvalue weighted by atomic mass is 10.0. The molecule has 0 radical (unpaired) electrons. The molecule has 1 unspecified atom stereocenters. The lowest BCUT2D eigenvalue weighted by Gasteiger charge is -2.44. The number of sulfonamides is 1. The molecular formula is C19H22FNO3S. The Morgan fingerprint density at radius 3 is 2.48 bits per heavy atom. The Morgan fingerprint density at radius 1 is 1.16 bits per heavy atom. The molecule has 0 saturated carbocycles. The van der Waals surface area contributed by atoms with Crippen molar-refractivity contribution in [2.75, 3.05) is 13.2 Å². The van der Waals surface area contributed by atoms with Crippen molar-refractivity contribution in [3.8, 4) is 0 Å². The van der Waals surface area contributed by atoms with Crippen LogP contribution in [0, 0.1) is 12.7 Å². The van der Waals surface area contributed by atoms with Gasteiger partial charge < -0.3 is 4.74 Å². The summed E-state index contributed by atoms with van der Waals surface area (Å²) in [5.41, 5.74) is 0.989. The Bertz CT molecular complexity index is 862. The molecule has 134 valence electrons. The second-order valence-corrected chi connectivity index (χ2v) is 8.88. The molecular weight excluding hydrogens is 341 g/mol. The van der Waals surface area contributed by atoms with E-state index in [1.807, 2.05) is 26.8 Å². The molecule has 4 nitrogen and oxygen atoms in total. The summed E-state index contributed by atoms with van der Waals surface area (Å²) in [6, 6.07) is 12.9. The summed E-state index contributed by atoms with van der Waals surface area (Å²) >= 11 is 0. The Labute approximate surface area is 148 Å². The number of aryl methyl sites for hydroxylation is 1. The molecule has 1 aliphatic heterocycles. The molecule has 0 amide bonds. The Hall–Kier alpha value is -1.76. The lowest BCUT2D eigenvalue weighted by molar-refractivity contribution is -0.0655. The third-order valence-electron chi connectivity index (χ3n) is 4.46. The highest BCUT2D eigenvalue weighted by Gasteiger charge is 2.43. The van der Waals surface area contributed by atoms with Gasteiger partial charge in [-0.3, -0.25) is 0 Å². The van der Waals surface area contributed by atoms with E-state index in [1.54, 1.807) is 30.3 Å². The summed E-state index contributed by atoms with van der Waals surface area (Å²) in [6.07, 6.45) is -0.423. The minimum atomic E-state index is -3.66. The minimum Gasteiger partial charge on any atom is -0.370 e. The van der Waals surface area contributed by atoms with Gasteiger partial charge in [0.25, 0.3) is 0 Å². The normalized spacial score (nSPS) is 21.2. The highest BCUT2D eigenvalue weighted by Crippen LogP contribution is 2.34. The van der Waals surface area contributed by atoms with E-state index < -0.39 is 21.7 Å². The molecule has 1 atom stereocenters. The van der Waals surface area contributed by atoms with Crippen molar-refractivity contribution in [1.82, 2.24) is 4.31 Å². The summed E-state index contributed by atoms with van der Waals surface area (Å²) in [5, 5.41) is 0. The molecule has 0 N–H and O–H groups in total. The second-order valence-electron chi connectivity index (χ2n) is 7.02. The highest BCUT2D eigenvalue weighted by atomic mass is 32.2. The molecule has 2 aromatic rings. The molecule has 1 saturated heterocycles. The van der Waals surface area contributed by atoms with Gasteiger partial charge in [-0.2, -0.15) is 4.31 Å². The Kier molecular flexibility index (Phi) is 4.70. The Balaban J connectivity index is 1.95. The number of ether oxygens (including phenoxy) is 1. The van der Waals surface area contributed by atoms with Crippen LogP contribution in [0.5, 0.6) is 0 Å². The summed E-state index contributed by atoms with van der Waals surface area (Å²) < 4.78 is 46.9. The summed E-state index contributed by atoms with van der Waals surface area (Å²) in [6.45, 7) is 6.02. The second kappa shape index (κ2) is 6.52. The number of benzene rings is 2. The SMILES string of the molecule is Cc1cccc(S(=O)(=O)N2CC(c3ccc(F)cc3)OCC2(C)C)c1. The third-order valence-corrected chi connectivity index (χ3v) is 6.54. The molecule has 0 aromatic heterocycles. The maximum absolute atomic E-state index is 13.2. The summed E-state index contributed by atoms with van der Waals surface area (Å²) in [7, 11) is -3.66. The van der Waals surface area contributed by atoms with Gasteiger partial charge in [0, 0.05) is 6.54 Å². The van der Waals surface area contributed by atoms with Crippen LogP contribution in [0.3, 0.4) is 0 Å². The first-order valence-electron chi connectivity index (χ1n) is 8.17. The van der Waals surface area contributed by atoms with Crippen molar-refractivity contribution in [3.05, 3.63) is 65.5 Å². The van der Waals surface area contributed by atoms with Gasteiger partial charge in [0.2, 0.25) is 10.0 Å². The number of nitrogens with zero attached hydrogens (tertiary/aromatic N) is 1. The van der Waals surface area contributed by atoms with E-state index in [0.717, 1.165) is 11.1 Å². The van der Waals surface area contributed by atoms with Gasteiger partial charge in [-0.25, -0.2) is 12.8 Å². The molecule has 2 aromatic carbocycles. The fraction of sp³-hybridized carbons (Fsp3) is 0.368. The summed E-state index contributed by atoms with van der Waals surface area (Å²) in [4.78, 5) is 0.278. The first-order chi connectivity index (χ1) is 11.7. The van der Waals surface area contributed by atoms with Gasteiger partial charge in [-0.05, 0) is 56.2 Å². The number of halogens is 1. The quantitative estimate of drug-likeness (QED) is 0.836. The highest BCUT2D eigenvalue weighted by molar-refractivity contribution is 7.89. The van der Waals surface area contributed by atoms with E-state index in [2.05, 4.69) is 0 Å². The third kappa shape index (κ3) is 3.61. The molecule has 1 aliphatic rings. The van der Waals surface area contributed by atoms with E-state index in [1.165, 1.54) is 16.4 Å². The molecule has 3 rings (SSSR count). The number of morpholine rings is 1. The largest absolute Gasteiger partial charge is 0.370 e. The zero-order valence-electron chi connectivity index (χ0n) is 14.6. The van der Waals surface area contributed by atoms with Crippen LogP contribution in [0.15, 0.2) is 53.4 Å². The van der Waals surface area contributed by atoms with Gasteiger partial charge in [0.1, 0.15) is 5.82 Å². The van der Waals surface area contributed by atoms with Gasteiger partial charge in [0.15, 0.2) is 0 Å². The average molecular weight is 363 g/mol. The van der Waals surface area contributed by atoms with Crippen LogP contribution in [-0.2, 0) is 14.8 Å². The zero-order chi connectivity index (χ0) is 18.2. The van der Waals surface area contributed by atoms with Crippen molar-refractivity contribution in [2.24, 2.45) is 0 Å². The van der Waals surface area contributed by atoms with Gasteiger partial charge in [-0.15, -0.1) is 0 Å². The van der Waals surface area contributed by atoms with E-state index in [4.69, 9.17) is 4.74 Å². The van der Waals surface area contributed by atoms with Crippen molar-refractivity contribution < 1.29 is 17.5 Å². The van der Waals surface area contributed by atoms with Crippen LogP contribution in [0.1, 0.15) is 31.1 Å². The zero-order valence-corrected chi connectivity index (χ0v) is 15.4. The minimum absolute atomic E-state index is 0.189. The number of hydrogen-bond donors (Lipinski definition) is 0. The first-order valence-corrected chi connectivity index (χ1v) is 9.61. The lowest BCUT2D eigenvalue weighted by Crippen LogP contribution is -2.56.